The SMILES string of the molecule is C/C1=N/OCC[C@H](CF)N2C[C@H](C1)n1cc(C(=O)NCc3ccc(F)cc3F)c(=O)c(O)c1C2=O. The minimum atomic E-state index is -1.10. The monoisotopic (exact) mass is 492 g/mol. The zero-order valence-electron chi connectivity index (χ0n) is 18.8. The number of hydrogen-bond acceptors (Lipinski definition) is 6. The first-order chi connectivity index (χ1) is 16.7. The predicted molar refractivity (Wildman–Crippen MR) is 118 cm³/mol. The van der Waals surface area contributed by atoms with Gasteiger partial charge in [0.2, 0.25) is 5.43 Å². The van der Waals surface area contributed by atoms with E-state index in [1.54, 1.807) is 6.92 Å². The molecule has 0 saturated heterocycles. The Morgan fingerprint density at radius 3 is 2.80 bits per heavy atom. The van der Waals surface area contributed by atoms with Gasteiger partial charge in [0.15, 0.2) is 11.4 Å². The number of carbonyl (C=O) groups excluding carboxylic acids is 2. The van der Waals surface area contributed by atoms with E-state index in [1.807, 2.05) is 0 Å². The molecule has 2 aliphatic heterocycles. The number of oxime groups is 1. The quantitative estimate of drug-likeness (QED) is 0.680. The molecular formula is C23H23F3N4O5. The van der Waals surface area contributed by atoms with Crippen LogP contribution in [0.1, 0.15) is 52.2 Å². The Hall–Kier alpha value is -3.83. The number of aromatic hydroxyl groups is 1. The van der Waals surface area contributed by atoms with Crippen LogP contribution >= 0.6 is 0 Å². The number of nitrogens with one attached hydrogen (secondary N) is 1. The summed E-state index contributed by atoms with van der Waals surface area (Å²) < 4.78 is 42.1. The van der Waals surface area contributed by atoms with Crippen LogP contribution in [0.25, 0.3) is 0 Å². The lowest BCUT2D eigenvalue weighted by atomic mass is 10.0. The van der Waals surface area contributed by atoms with Gasteiger partial charge < -0.3 is 24.7 Å². The largest absolute Gasteiger partial charge is 0.503 e. The maximum absolute atomic E-state index is 13.9. The number of alkyl halides is 1. The summed E-state index contributed by atoms with van der Waals surface area (Å²) >= 11 is 0. The van der Waals surface area contributed by atoms with E-state index in [0.717, 1.165) is 18.3 Å². The number of nitrogens with zero attached hydrogens (tertiary/aromatic N) is 3. The van der Waals surface area contributed by atoms with Crippen molar-refractivity contribution in [2.45, 2.75) is 38.4 Å². The molecule has 2 atom stereocenters. The Labute approximate surface area is 197 Å². The molecule has 1 aromatic carbocycles. The Morgan fingerprint density at radius 1 is 1.31 bits per heavy atom. The van der Waals surface area contributed by atoms with E-state index >= 15 is 0 Å². The van der Waals surface area contributed by atoms with E-state index in [2.05, 4.69) is 10.5 Å². The maximum Gasteiger partial charge on any atom is 0.274 e. The van der Waals surface area contributed by atoms with Crippen LogP contribution in [-0.2, 0) is 11.4 Å². The van der Waals surface area contributed by atoms with Gasteiger partial charge in [-0.2, -0.15) is 0 Å². The Morgan fingerprint density at radius 2 is 2.09 bits per heavy atom. The van der Waals surface area contributed by atoms with Gasteiger partial charge in [0.05, 0.1) is 17.8 Å². The molecule has 9 nitrogen and oxygen atoms in total. The molecule has 1 aromatic heterocycles. The van der Waals surface area contributed by atoms with Crippen LogP contribution in [0.5, 0.6) is 5.75 Å². The summed E-state index contributed by atoms with van der Waals surface area (Å²) in [5.41, 5.74) is -1.37. The fourth-order valence-corrected chi connectivity index (χ4v) is 4.27. The highest BCUT2D eigenvalue weighted by molar-refractivity contribution is 5.99. The molecule has 2 N–H and O–H groups in total. The van der Waals surface area contributed by atoms with Crippen molar-refractivity contribution in [3.05, 3.63) is 63.1 Å². The minimum absolute atomic E-state index is 0.00992. The molecule has 12 heteroatoms. The number of rotatable bonds is 4. The predicted octanol–water partition coefficient (Wildman–Crippen LogP) is 2.28. The molecule has 4 rings (SSSR count). The van der Waals surface area contributed by atoms with Gasteiger partial charge in [-0.3, -0.25) is 14.4 Å². The number of hydrogen-bond donors (Lipinski definition) is 2. The summed E-state index contributed by atoms with van der Waals surface area (Å²) in [7, 11) is 0. The normalized spacial score (nSPS) is 21.4. The van der Waals surface area contributed by atoms with Crippen LogP contribution in [0, 0.1) is 11.6 Å². The molecule has 0 saturated carbocycles. The van der Waals surface area contributed by atoms with Gasteiger partial charge in [0.1, 0.15) is 30.5 Å². The van der Waals surface area contributed by atoms with Crippen molar-refractivity contribution >= 4 is 17.5 Å². The molecule has 186 valence electrons. The summed E-state index contributed by atoms with van der Waals surface area (Å²) in [5.74, 6) is -4.25. The zero-order chi connectivity index (χ0) is 25.3. The second-order valence-corrected chi connectivity index (χ2v) is 8.47. The first-order valence-corrected chi connectivity index (χ1v) is 10.9. The molecule has 0 unspecified atom stereocenters. The summed E-state index contributed by atoms with van der Waals surface area (Å²) in [6, 6.07) is 1.43. The third kappa shape index (κ3) is 4.73. The first kappa shape index (κ1) is 24.3. The lowest BCUT2D eigenvalue weighted by Gasteiger charge is -2.40. The summed E-state index contributed by atoms with van der Waals surface area (Å²) in [5, 5.41) is 17.0. The average Bonchev–Trinajstić information content (AvgIpc) is 2.82. The van der Waals surface area contributed by atoms with Gasteiger partial charge >= 0.3 is 0 Å². The molecule has 0 spiro atoms. The average molecular weight is 492 g/mol. The third-order valence-corrected chi connectivity index (χ3v) is 6.09. The highest BCUT2D eigenvalue weighted by atomic mass is 19.1. The van der Waals surface area contributed by atoms with Crippen LogP contribution in [-0.4, -0.2) is 58.0 Å². The number of fused-ring (bicyclic) bond motifs is 4. The fraction of sp³-hybridized carbons (Fsp3) is 0.391. The lowest BCUT2D eigenvalue weighted by Crippen LogP contribution is -2.51. The van der Waals surface area contributed by atoms with Crippen molar-refractivity contribution in [3.8, 4) is 5.75 Å². The van der Waals surface area contributed by atoms with Crippen molar-refractivity contribution in [2.75, 3.05) is 19.8 Å². The number of carbonyl (C=O) groups is 2. The first-order valence-electron chi connectivity index (χ1n) is 10.9. The van der Waals surface area contributed by atoms with Crippen molar-refractivity contribution < 1.29 is 32.7 Å². The molecule has 3 heterocycles. The van der Waals surface area contributed by atoms with Gasteiger partial charge in [0, 0.05) is 43.8 Å². The van der Waals surface area contributed by atoms with Crippen LogP contribution in [0.3, 0.4) is 0 Å². The zero-order valence-corrected chi connectivity index (χ0v) is 18.8. The lowest BCUT2D eigenvalue weighted by molar-refractivity contribution is 0.0424. The van der Waals surface area contributed by atoms with E-state index < -0.39 is 58.9 Å². The van der Waals surface area contributed by atoms with Crippen LogP contribution in [0.4, 0.5) is 13.2 Å². The maximum atomic E-state index is 13.9. The highest BCUT2D eigenvalue weighted by Crippen LogP contribution is 2.31. The van der Waals surface area contributed by atoms with E-state index in [9.17, 15) is 32.7 Å². The molecule has 0 fully saturated rings. The van der Waals surface area contributed by atoms with Crippen LogP contribution in [0.15, 0.2) is 34.3 Å². The third-order valence-electron chi connectivity index (χ3n) is 6.09. The van der Waals surface area contributed by atoms with Crippen molar-refractivity contribution in [1.29, 1.82) is 0 Å². The molecule has 0 radical (unpaired) electrons. The fourth-order valence-electron chi connectivity index (χ4n) is 4.27. The topological polar surface area (TPSA) is 113 Å². The molecule has 2 aliphatic rings. The number of pyridine rings is 1. The number of halogens is 3. The Kier molecular flexibility index (Phi) is 6.81. The highest BCUT2D eigenvalue weighted by Gasteiger charge is 2.39. The van der Waals surface area contributed by atoms with Crippen LogP contribution in [0.2, 0.25) is 0 Å². The Balaban J connectivity index is 1.71. The summed E-state index contributed by atoms with van der Waals surface area (Å²) in [6.07, 6.45) is 1.55. The minimum Gasteiger partial charge on any atom is -0.503 e. The van der Waals surface area contributed by atoms with Gasteiger partial charge in [0.25, 0.3) is 11.8 Å². The second kappa shape index (κ2) is 9.80. The summed E-state index contributed by atoms with van der Waals surface area (Å²) in [6.45, 7) is 0.659. The number of aromatic nitrogens is 1. The Bertz CT molecular complexity index is 1260. The van der Waals surface area contributed by atoms with Crippen molar-refractivity contribution in [2.24, 2.45) is 5.16 Å². The van der Waals surface area contributed by atoms with Gasteiger partial charge in [-0.25, -0.2) is 13.2 Å². The van der Waals surface area contributed by atoms with Gasteiger partial charge in [-0.15, -0.1) is 0 Å². The molecule has 35 heavy (non-hydrogen) atoms. The van der Waals surface area contributed by atoms with Crippen molar-refractivity contribution in [1.82, 2.24) is 14.8 Å². The van der Waals surface area contributed by atoms with E-state index in [1.165, 1.54) is 9.47 Å². The smallest absolute Gasteiger partial charge is 0.274 e. The van der Waals surface area contributed by atoms with E-state index in [4.69, 9.17) is 4.84 Å². The van der Waals surface area contributed by atoms with Gasteiger partial charge in [-0.1, -0.05) is 11.2 Å². The summed E-state index contributed by atoms with van der Waals surface area (Å²) in [4.78, 5) is 45.2. The van der Waals surface area contributed by atoms with E-state index in [-0.39, 0.29) is 43.8 Å². The van der Waals surface area contributed by atoms with Crippen molar-refractivity contribution in [3.63, 3.8) is 0 Å². The molecule has 0 aliphatic carbocycles. The molecule has 2 bridgehead atoms. The molecule has 2 amide bonds. The number of amides is 2. The number of benzene rings is 1. The molecular weight excluding hydrogens is 469 g/mol. The molecule has 2 aromatic rings. The second-order valence-electron chi connectivity index (χ2n) is 8.47. The van der Waals surface area contributed by atoms with Gasteiger partial charge in [-0.05, 0) is 13.0 Å². The van der Waals surface area contributed by atoms with E-state index in [0.29, 0.717) is 11.8 Å². The van der Waals surface area contributed by atoms with Crippen LogP contribution < -0.4 is 10.7 Å². The standard InChI is InChI=1S/C23H23F3N4O5/c1-12-6-16-10-30(15(8-24)4-5-35-28-12)23(34)19-21(32)20(31)17(11-29(16)19)22(33)27-9-13-2-3-14(25)7-18(13)26/h2-3,7,11,15-16,32H,4-6,8-10H2,1H3,(H,27,33)/b28-12-/t15-,16+/m1/s1.